The summed E-state index contributed by atoms with van der Waals surface area (Å²) in [6.45, 7) is 0.333. The highest BCUT2D eigenvalue weighted by Crippen LogP contribution is 1.98. The zero-order valence-corrected chi connectivity index (χ0v) is 9.74. The first-order valence-corrected chi connectivity index (χ1v) is 6.67. The van der Waals surface area contributed by atoms with Gasteiger partial charge in [-0.05, 0) is 17.4 Å². The molecule has 1 aromatic rings. The highest BCUT2D eigenvalue weighted by atomic mass is 32.2. The molecule has 0 atom stereocenters. The van der Waals surface area contributed by atoms with E-state index in [0.717, 1.165) is 11.8 Å². The largest absolute Gasteiger partial charge is 0.488 e. The molecule has 0 saturated heterocycles. The van der Waals surface area contributed by atoms with E-state index in [2.05, 4.69) is 4.72 Å². The lowest BCUT2D eigenvalue weighted by atomic mass is 9.80. The van der Waals surface area contributed by atoms with Crippen molar-refractivity contribution in [1.29, 1.82) is 0 Å². The van der Waals surface area contributed by atoms with Gasteiger partial charge < -0.3 is 10.0 Å². The van der Waals surface area contributed by atoms with E-state index in [0.29, 0.717) is 18.4 Å². The molecule has 0 aliphatic carbocycles. The Bertz CT molecular complexity index is 435. The van der Waals surface area contributed by atoms with Gasteiger partial charge in [0.15, 0.2) is 0 Å². The molecule has 90 valence electrons. The van der Waals surface area contributed by atoms with Crippen LogP contribution in [0.3, 0.4) is 0 Å². The van der Waals surface area contributed by atoms with Crippen molar-refractivity contribution in [3.05, 3.63) is 29.8 Å². The summed E-state index contributed by atoms with van der Waals surface area (Å²) in [5.74, 6) is 0. The first-order valence-electron chi connectivity index (χ1n) is 4.78. The van der Waals surface area contributed by atoms with Crippen LogP contribution in [0.2, 0.25) is 0 Å². The van der Waals surface area contributed by atoms with Crippen LogP contribution in [0.1, 0.15) is 6.99 Å². The molecule has 0 aromatic heterocycles. The lowest BCUT2D eigenvalue weighted by Gasteiger charge is -2.04. The number of benzene rings is 1. The standard InChI is InChI=1S/C9H14BNO4S.H2/c1-16(14,15)11-7-6-8-2-4-9(5-3-8)10(12)13;/h2-5,11-13H,6-7H2,1H3;1H. The van der Waals surface area contributed by atoms with Gasteiger partial charge in [0.1, 0.15) is 0 Å². The topological polar surface area (TPSA) is 86.6 Å². The molecule has 1 aromatic carbocycles. The normalized spacial score (nSPS) is 11.4. The Kier molecular flexibility index (Phi) is 4.49. The predicted molar refractivity (Wildman–Crippen MR) is 64.9 cm³/mol. The van der Waals surface area contributed by atoms with Crippen LogP contribution in [-0.4, -0.2) is 38.4 Å². The van der Waals surface area contributed by atoms with Crippen LogP contribution in [0.4, 0.5) is 0 Å². The van der Waals surface area contributed by atoms with Crippen molar-refractivity contribution >= 4 is 22.6 Å². The number of rotatable bonds is 5. The average Bonchev–Trinajstić information content (AvgIpc) is 2.16. The van der Waals surface area contributed by atoms with E-state index in [-0.39, 0.29) is 1.43 Å². The van der Waals surface area contributed by atoms with Crippen LogP contribution < -0.4 is 10.2 Å². The Morgan fingerprint density at radius 2 is 1.88 bits per heavy atom. The van der Waals surface area contributed by atoms with Crippen LogP contribution >= 0.6 is 0 Å². The van der Waals surface area contributed by atoms with Crippen molar-refractivity contribution in [3.63, 3.8) is 0 Å². The predicted octanol–water partition coefficient (Wildman–Crippen LogP) is -1.30. The molecule has 5 nitrogen and oxygen atoms in total. The van der Waals surface area contributed by atoms with Crippen molar-refractivity contribution in [2.24, 2.45) is 0 Å². The second kappa shape index (κ2) is 5.45. The molecule has 0 heterocycles. The summed E-state index contributed by atoms with van der Waals surface area (Å²) in [6.07, 6.45) is 1.67. The Morgan fingerprint density at radius 3 is 2.31 bits per heavy atom. The van der Waals surface area contributed by atoms with E-state index in [4.69, 9.17) is 10.0 Å². The third-order valence-electron chi connectivity index (χ3n) is 2.06. The van der Waals surface area contributed by atoms with Crippen LogP contribution in [-0.2, 0) is 16.4 Å². The van der Waals surface area contributed by atoms with Gasteiger partial charge in [-0.3, -0.25) is 0 Å². The third kappa shape index (κ3) is 4.76. The van der Waals surface area contributed by atoms with Gasteiger partial charge in [0.2, 0.25) is 10.0 Å². The molecule has 7 heteroatoms. The second-order valence-electron chi connectivity index (χ2n) is 3.53. The van der Waals surface area contributed by atoms with Gasteiger partial charge >= 0.3 is 7.12 Å². The average molecular weight is 245 g/mol. The molecule has 0 aliphatic heterocycles. The van der Waals surface area contributed by atoms with E-state index < -0.39 is 17.1 Å². The van der Waals surface area contributed by atoms with Gasteiger partial charge in [-0.15, -0.1) is 0 Å². The molecule has 0 amide bonds. The third-order valence-corrected chi connectivity index (χ3v) is 2.78. The van der Waals surface area contributed by atoms with Crippen molar-refractivity contribution in [2.75, 3.05) is 12.8 Å². The smallest absolute Gasteiger partial charge is 0.423 e. The second-order valence-corrected chi connectivity index (χ2v) is 5.36. The number of hydrogen-bond donors (Lipinski definition) is 3. The summed E-state index contributed by atoms with van der Waals surface area (Å²) in [6, 6.07) is 6.67. The minimum absolute atomic E-state index is 0. The summed E-state index contributed by atoms with van der Waals surface area (Å²) in [5, 5.41) is 17.7. The summed E-state index contributed by atoms with van der Waals surface area (Å²) in [5.41, 5.74) is 1.35. The summed E-state index contributed by atoms with van der Waals surface area (Å²) >= 11 is 0. The molecule has 3 N–H and O–H groups in total. The van der Waals surface area contributed by atoms with E-state index in [9.17, 15) is 8.42 Å². The highest BCUT2D eigenvalue weighted by molar-refractivity contribution is 7.88. The Morgan fingerprint density at radius 1 is 1.31 bits per heavy atom. The number of sulfonamides is 1. The Labute approximate surface area is 96.8 Å². The fraction of sp³-hybridized carbons (Fsp3) is 0.333. The molecular formula is C9H16BNO4S. The van der Waals surface area contributed by atoms with Crippen LogP contribution in [0.5, 0.6) is 0 Å². The van der Waals surface area contributed by atoms with Crippen molar-refractivity contribution in [1.82, 2.24) is 4.72 Å². The molecular weight excluding hydrogens is 229 g/mol. The minimum Gasteiger partial charge on any atom is -0.423 e. The minimum atomic E-state index is -3.15. The molecule has 0 fully saturated rings. The van der Waals surface area contributed by atoms with Gasteiger partial charge in [0.05, 0.1) is 6.26 Å². The zero-order chi connectivity index (χ0) is 12.2. The van der Waals surface area contributed by atoms with Gasteiger partial charge in [-0.1, -0.05) is 24.3 Å². The quantitative estimate of drug-likeness (QED) is 0.563. The van der Waals surface area contributed by atoms with Gasteiger partial charge in [0, 0.05) is 7.97 Å². The summed E-state index contributed by atoms with van der Waals surface area (Å²) < 4.78 is 24.0. The molecule has 0 aliphatic rings. The van der Waals surface area contributed by atoms with Crippen molar-refractivity contribution < 1.29 is 19.9 Å². The first kappa shape index (κ1) is 13.2. The van der Waals surface area contributed by atoms with Crippen LogP contribution in [0, 0.1) is 0 Å². The van der Waals surface area contributed by atoms with Crippen molar-refractivity contribution in [3.8, 4) is 0 Å². The van der Waals surface area contributed by atoms with Gasteiger partial charge in [-0.2, -0.15) is 0 Å². The van der Waals surface area contributed by atoms with E-state index >= 15 is 0 Å². The first-order chi connectivity index (χ1) is 7.38. The maximum absolute atomic E-state index is 10.8. The van der Waals surface area contributed by atoms with Gasteiger partial charge in [-0.25, -0.2) is 13.1 Å². The number of hydrogen-bond acceptors (Lipinski definition) is 4. The van der Waals surface area contributed by atoms with E-state index in [1.165, 1.54) is 0 Å². The molecule has 1 rings (SSSR count). The Balaban J connectivity index is 0.00000256. The maximum Gasteiger partial charge on any atom is 0.488 e. The maximum atomic E-state index is 10.8. The molecule has 0 radical (unpaired) electrons. The molecule has 0 unspecified atom stereocenters. The van der Waals surface area contributed by atoms with E-state index in [1.807, 2.05) is 0 Å². The number of nitrogens with one attached hydrogen (secondary N) is 1. The van der Waals surface area contributed by atoms with Crippen molar-refractivity contribution in [2.45, 2.75) is 6.42 Å². The molecule has 16 heavy (non-hydrogen) atoms. The SMILES string of the molecule is CS(=O)(=O)NCCc1ccc(B(O)O)cc1.[HH]. The zero-order valence-electron chi connectivity index (χ0n) is 8.92. The van der Waals surface area contributed by atoms with Crippen LogP contribution in [0.25, 0.3) is 0 Å². The molecule has 0 spiro atoms. The van der Waals surface area contributed by atoms with Gasteiger partial charge in [0.25, 0.3) is 0 Å². The summed E-state index contributed by atoms with van der Waals surface area (Å²) in [4.78, 5) is 0. The monoisotopic (exact) mass is 245 g/mol. The Hall–Kier alpha value is -0.885. The molecule has 0 saturated carbocycles. The van der Waals surface area contributed by atoms with Crippen LogP contribution in [0.15, 0.2) is 24.3 Å². The lowest BCUT2D eigenvalue weighted by Crippen LogP contribution is -2.29. The fourth-order valence-electron chi connectivity index (χ4n) is 1.24. The highest BCUT2D eigenvalue weighted by Gasteiger charge is 2.09. The van der Waals surface area contributed by atoms with E-state index in [1.54, 1.807) is 24.3 Å². The lowest BCUT2D eigenvalue weighted by molar-refractivity contribution is 0.426. The summed E-state index contributed by atoms with van der Waals surface area (Å²) in [7, 11) is -4.62. The molecule has 0 bridgehead atoms. The fourth-order valence-corrected chi connectivity index (χ4v) is 1.71.